The molecule has 1 N–H and O–H groups in total. The van der Waals surface area contributed by atoms with Gasteiger partial charge in [0.15, 0.2) is 0 Å². The molecule has 0 spiro atoms. The van der Waals surface area contributed by atoms with Gasteiger partial charge < -0.3 is 10.2 Å². The van der Waals surface area contributed by atoms with Gasteiger partial charge in [-0.2, -0.15) is 0 Å². The zero-order valence-electron chi connectivity index (χ0n) is 10.1. The van der Waals surface area contributed by atoms with Crippen molar-refractivity contribution in [3.63, 3.8) is 0 Å². The van der Waals surface area contributed by atoms with Crippen molar-refractivity contribution in [2.24, 2.45) is 0 Å². The third kappa shape index (κ3) is 3.61. The molecule has 1 atom stereocenters. The lowest BCUT2D eigenvalue weighted by atomic mass is 10.2. The van der Waals surface area contributed by atoms with Crippen LogP contribution in [-0.2, 0) is 6.54 Å². The number of aromatic nitrogens is 1. The fourth-order valence-electron chi connectivity index (χ4n) is 1.68. The van der Waals surface area contributed by atoms with E-state index in [1.165, 1.54) is 4.88 Å². The van der Waals surface area contributed by atoms with Gasteiger partial charge in [0.2, 0.25) is 0 Å². The van der Waals surface area contributed by atoms with Crippen molar-refractivity contribution in [1.29, 1.82) is 0 Å². The lowest BCUT2D eigenvalue weighted by Gasteiger charge is -2.23. The number of rotatable bonds is 6. The van der Waals surface area contributed by atoms with Gasteiger partial charge in [0.1, 0.15) is 0 Å². The molecule has 0 radical (unpaired) electrons. The van der Waals surface area contributed by atoms with Crippen LogP contribution in [0.25, 0.3) is 0 Å². The molecule has 2 rings (SSSR count). The van der Waals surface area contributed by atoms with Crippen LogP contribution in [0.15, 0.2) is 28.4 Å². The Labute approximate surface area is 110 Å². The van der Waals surface area contributed by atoms with Gasteiger partial charge in [0, 0.05) is 23.3 Å². The summed E-state index contributed by atoms with van der Waals surface area (Å²) in [5.74, 6) is 0. The first kappa shape index (κ1) is 12.7. The topological polar surface area (TPSA) is 28.2 Å². The van der Waals surface area contributed by atoms with Crippen molar-refractivity contribution in [3.05, 3.63) is 39.0 Å². The zero-order chi connectivity index (χ0) is 12.1. The average Bonchev–Trinajstić information content (AvgIpc) is 2.96. The van der Waals surface area contributed by atoms with Crippen LogP contribution in [0.3, 0.4) is 0 Å². The van der Waals surface area contributed by atoms with E-state index in [0.29, 0.717) is 6.04 Å². The summed E-state index contributed by atoms with van der Waals surface area (Å²) in [6.07, 6.45) is 0. The van der Waals surface area contributed by atoms with Crippen LogP contribution in [0.2, 0.25) is 0 Å². The van der Waals surface area contributed by atoms with E-state index in [1.54, 1.807) is 11.3 Å². The first-order valence-electron chi connectivity index (χ1n) is 5.55. The first-order chi connectivity index (χ1) is 8.27. The van der Waals surface area contributed by atoms with Crippen molar-refractivity contribution in [3.8, 4) is 0 Å². The van der Waals surface area contributed by atoms with E-state index in [1.807, 2.05) is 16.8 Å². The van der Waals surface area contributed by atoms with Crippen molar-refractivity contribution in [2.45, 2.75) is 12.6 Å². The maximum atomic E-state index is 4.27. The second-order valence-corrected chi connectivity index (χ2v) is 5.80. The second-order valence-electron chi connectivity index (χ2n) is 4.11. The second kappa shape index (κ2) is 6.26. The Kier molecular flexibility index (Phi) is 4.67. The van der Waals surface area contributed by atoms with Gasteiger partial charge in [0.25, 0.3) is 0 Å². The Hall–Kier alpha value is -0.750. The molecular weight excluding hydrogens is 250 g/mol. The number of thiazole rings is 1. The molecular formula is C12H17N3S2. The van der Waals surface area contributed by atoms with Crippen LogP contribution >= 0.6 is 22.7 Å². The molecule has 0 saturated heterocycles. The average molecular weight is 267 g/mol. The van der Waals surface area contributed by atoms with Crippen LogP contribution in [0.4, 0.5) is 0 Å². The van der Waals surface area contributed by atoms with E-state index < -0.39 is 0 Å². The molecule has 0 aliphatic rings. The van der Waals surface area contributed by atoms with Crippen LogP contribution in [-0.4, -0.2) is 30.5 Å². The van der Waals surface area contributed by atoms with E-state index in [-0.39, 0.29) is 0 Å². The Morgan fingerprint density at radius 3 is 2.94 bits per heavy atom. The van der Waals surface area contributed by atoms with Gasteiger partial charge in [-0.15, -0.1) is 22.7 Å². The summed E-state index contributed by atoms with van der Waals surface area (Å²) in [4.78, 5) is 7.92. The Morgan fingerprint density at radius 2 is 2.35 bits per heavy atom. The molecule has 17 heavy (non-hydrogen) atoms. The minimum absolute atomic E-state index is 0.439. The van der Waals surface area contributed by atoms with Gasteiger partial charge in [-0.3, -0.25) is 0 Å². The summed E-state index contributed by atoms with van der Waals surface area (Å²) in [7, 11) is 4.24. The highest BCUT2D eigenvalue weighted by Gasteiger charge is 2.14. The summed E-state index contributed by atoms with van der Waals surface area (Å²) in [6.45, 7) is 1.80. The van der Waals surface area contributed by atoms with Crippen LogP contribution in [0.5, 0.6) is 0 Å². The summed E-state index contributed by atoms with van der Waals surface area (Å²) in [5.41, 5.74) is 3.00. The molecule has 0 aliphatic carbocycles. The quantitative estimate of drug-likeness (QED) is 0.872. The number of nitrogens with zero attached hydrogens (tertiary/aromatic N) is 2. The van der Waals surface area contributed by atoms with Crippen LogP contribution in [0, 0.1) is 0 Å². The minimum Gasteiger partial charge on any atom is -0.309 e. The first-order valence-corrected chi connectivity index (χ1v) is 7.37. The predicted octanol–water partition coefficient (Wildman–Crippen LogP) is 2.60. The molecule has 1 unspecified atom stereocenters. The van der Waals surface area contributed by atoms with Crippen molar-refractivity contribution in [1.82, 2.24) is 15.2 Å². The molecule has 0 amide bonds. The number of likely N-dealkylation sites (N-methyl/N-ethyl adjacent to an activating group) is 1. The largest absolute Gasteiger partial charge is 0.309 e. The maximum absolute atomic E-state index is 4.27. The molecule has 0 bridgehead atoms. The smallest absolute Gasteiger partial charge is 0.0795 e. The van der Waals surface area contributed by atoms with Crippen LogP contribution < -0.4 is 5.32 Å². The standard InChI is InChI=1S/C12H17N3S2/c1-15(2)11(12-4-3-5-17-12)7-13-6-10-8-16-9-14-10/h3-5,8-9,11,13H,6-7H2,1-2H3. The van der Waals surface area contributed by atoms with E-state index in [0.717, 1.165) is 18.8 Å². The predicted molar refractivity (Wildman–Crippen MR) is 74.6 cm³/mol. The van der Waals surface area contributed by atoms with Crippen molar-refractivity contribution < 1.29 is 0 Å². The summed E-state index contributed by atoms with van der Waals surface area (Å²) < 4.78 is 0. The summed E-state index contributed by atoms with van der Waals surface area (Å²) in [5, 5.41) is 7.68. The van der Waals surface area contributed by atoms with E-state index in [9.17, 15) is 0 Å². The highest BCUT2D eigenvalue weighted by atomic mass is 32.1. The monoisotopic (exact) mass is 267 g/mol. The SMILES string of the molecule is CN(C)C(CNCc1cscn1)c1cccs1. The van der Waals surface area contributed by atoms with E-state index >= 15 is 0 Å². The van der Waals surface area contributed by atoms with Gasteiger partial charge in [-0.1, -0.05) is 6.07 Å². The lowest BCUT2D eigenvalue weighted by molar-refractivity contribution is 0.292. The zero-order valence-corrected chi connectivity index (χ0v) is 11.7. The number of thiophene rings is 1. The Bertz CT molecular complexity index is 409. The highest BCUT2D eigenvalue weighted by molar-refractivity contribution is 7.10. The molecule has 0 aromatic carbocycles. The van der Waals surface area contributed by atoms with E-state index in [4.69, 9.17) is 0 Å². The fraction of sp³-hybridized carbons (Fsp3) is 0.417. The molecule has 2 aromatic heterocycles. The molecule has 0 fully saturated rings. The van der Waals surface area contributed by atoms with Gasteiger partial charge in [-0.25, -0.2) is 4.98 Å². The van der Waals surface area contributed by atoms with Crippen LogP contribution in [0.1, 0.15) is 16.6 Å². The molecule has 2 aromatic rings. The lowest BCUT2D eigenvalue weighted by Crippen LogP contribution is -2.30. The fourth-order valence-corrected chi connectivity index (χ4v) is 3.16. The summed E-state index contributed by atoms with van der Waals surface area (Å²) in [6, 6.07) is 4.74. The van der Waals surface area contributed by atoms with Crippen molar-refractivity contribution in [2.75, 3.05) is 20.6 Å². The normalized spacial score (nSPS) is 13.1. The third-order valence-electron chi connectivity index (χ3n) is 2.62. The molecule has 0 aliphatic heterocycles. The minimum atomic E-state index is 0.439. The molecule has 92 valence electrons. The number of nitrogens with one attached hydrogen (secondary N) is 1. The summed E-state index contributed by atoms with van der Waals surface area (Å²) >= 11 is 3.46. The third-order valence-corrected chi connectivity index (χ3v) is 4.23. The van der Waals surface area contributed by atoms with Gasteiger partial charge in [0.05, 0.1) is 17.2 Å². The number of hydrogen-bond acceptors (Lipinski definition) is 5. The number of hydrogen-bond donors (Lipinski definition) is 1. The molecule has 3 nitrogen and oxygen atoms in total. The molecule has 0 saturated carbocycles. The highest BCUT2D eigenvalue weighted by Crippen LogP contribution is 2.22. The molecule has 5 heteroatoms. The maximum Gasteiger partial charge on any atom is 0.0795 e. The Morgan fingerprint density at radius 1 is 1.47 bits per heavy atom. The molecule has 2 heterocycles. The van der Waals surface area contributed by atoms with E-state index in [2.05, 4.69) is 52.2 Å². The van der Waals surface area contributed by atoms with Gasteiger partial charge in [-0.05, 0) is 25.5 Å². The van der Waals surface area contributed by atoms with Crippen molar-refractivity contribution >= 4 is 22.7 Å². The van der Waals surface area contributed by atoms with Gasteiger partial charge >= 0.3 is 0 Å². The Balaban J connectivity index is 1.86.